The molecule has 2 fully saturated rings. The monoisotopic (exact) mass is 337 g/mol. The van der Waals surface area contributed by atoms with Crippen molar-refractivity contribution >= 4 is 5.91 Å². The summed E-state index contributed by atoms with van der Waals surface area (Å²) in [4.78, 5) is 14.4. The molecule has 1 aromatic rings. The van der Waals surface area contributed by atoms with E-state index >= 15 is 0 Å². The number of amides is 1. The second-order valence-electron chi connectivity index (χ2n) is 6.19. The molecular weight excluding hydrogens is 316 g/mol. The maximum absolute atomic E-state index is 13.4. The van der Waals surface area contributed by atoms with Gasteiger partial charge in [-0.05, 0) is 31.0 Å². The largest absolute Gasteiger partial charge is 0.377 e. The number of fused-ring (bicyclic) bond motifs is 1. The summed E-state index contributed by atoms with van der Waals surface area (Å²) in [6.45, 7) is 5.58. The van der Waals surface area contributed by atoms with Crippen molar-refractivity contribution in [1.29, 1.82) is 0 Å². The highest BCUT2D eigenvalue weighted by Crippen LogP contribution is 2.35. The van der Waals surface area contributed by atoms with Crippen LogP contribution in [0.15, 0.2) is 30.9 Å². The molecule has 1 aliphatic carbocycles. The third kappa shape index (κ3) is 3.35. The first kappa shape index (κ1) is 17.0. The van der Waals surface area contributed by atoms with Gasteiger partial charge in [-0.3, -0.25) is 4.79 Å². The van der Waals surface area contributed by atoms with Crippen LogP contribution in [-0.4, -0.2) is 49.3 Å². The van der Waals surface area contributed by atoms with Gasteiger partial charge in [-0.25, -0.2) is 8.78 Å². The van der Waals surface area contributed by atoms with Gasteiger partial charge in [0.25, 0.3) is 5.91 Å². The minimum absolute atomic E-state index is 0.0447. The van der Waals surface area contributed by atoms with Gasteiger partial charge in [0.05, 0.1) is 32.0 Å². The molecule has 0 spiro atoms. The summed E-state index contributed by atoms with van der Waals surface area (Å²) in [5.41, 5.74) is 0.168. The summed E-state index contributed by atoms with van der Waals surface area (Å²) in [6.07, 6.45) is 3.36. The fourth-order valence-corrected chi connectivity index (χ4v) is 3.59. The Morgan fingerprint density at radius 2 is 2.21 bits per heavy atom. The molecule has 0 aromatic heterocycles. The molecule has 3 atom stereocenters. The highest BCUT2D eigenvalue weighted by Gasteiger charge is 2.44. The van der Waals surface area contributed by atoms with Crippen molar-refractivity contribution in [3.05, 3.63) is 48.1 Å². The molecule has 0 N–H and O–H groups in total. The third-order valence-electron chi connectivity index (χ3n) is 4.71. The van der Waals surface area contributed by atoms with Gasteiger partial charge >= 0.3 is 0 Å². The molecular formula is C18H21F2NO3. The van der Waals surface area contributed by atoms with Crippen molar-refractivity contribution in [3.63, 3.8) is 0 Å². The molecule has 24 heavy (non-hydrogen) atoms. The molecule has 1 aliphatic heterocycles. The van der Waals surface area contributed by atoms with E-state index in [1.54, 1.807) is 11.0 Å². The number of morpholine rings is 1. The Balaban J connectivity index is 1.71. The normalized spacial score (nSPS) is 26.2. The first-order chi connectivity index (χ1) is 11.6. The Morgan fingerprint density at radius 1 is 1.38 bits per heavy atom. The van der Waals surface area contributed by atoms with Gasteiger partial charge in [0.1, 0.15) is 0 Å². The maximum atomic E-state index is 13.4. The van der Waals surface area contributed by atoms with Crippen LogP contribution < -0.4 is 0 Å². The SMILES string of the molecule is C=CCOC[C@@H]1CC[C@@H]2[C@@H]1OCCN2C(=O)c1ccc(F)c(F)c1. The van der Waals surface area contributed by atoms with E-state index in [1.807, 2.05) is 0 Å². The number of nitrogens with zero attached hydrogens (tertiary/aromatic N) is 1. The first-order valence-corrected chi connectivity index (χ1v) is 8.18. The average molecular weight is 337 g/mol. The summed E-state index contributed by atoms with van der Waals surface area (Å²) in [7, 11) is 0. The van der Waals surface area contributed by atoms with Gasteiger partial charge in [0, 0.05) is 18.0 Å². The van der Waals surface area contributed by atoms with Gasteiger partial charge in [-0.15, -0.1) is 6.58 Å². The lowest BCUT2D eigenvalue weighted by Gasteiger charge is -2.39. The van der Waals surface area contributed by atoms with Crippen molar-refractivity contribution < 1.29 is 23.0 Å². The van der Waals surface area contributed by atoms with E-state index in [1.165, 1.54) is 6.07 Å². The highest BCUT2D eigenvalue weighted by atomic mass is 19.2. The average Bonchev–Trinajstić information content (AvgIpc) is 3.00. The van der Waals surface area contributed by atoms with Crippen molar-refractivity contribution in [2.24, 2.45) is 5.92 Å². The minimum atomic E-state index is -1.01. The van der Waals surface area contributed by atoms with Crippen molar-refractivity contribution in [2.75, 3.05) is 26.4 Å². The van der Waals surface area contributed by atoms with E-state index in [0.717, 1.165) is 25.0 Å². The first-order valence-electron chi connectivity index (χ1n) is 8.18. The standard InChI is InChI=1S/C18H21F2NO3/c1-2-8-23-11-13-4-6-16-17(13)24-9-7-21(16)18(22)12-3-5-14(19)15(20)10-12/h2-3,5,10,13,16-17H,1,4,6-9,11H2/t13-,16+,17+/m0/s1. The van der Waals surface area contributed by atoms with Crippen LogP contribution in [0.25, 0.3) is 0 Å². The van der Waals surface area contributed by atoms with E-state index < -0.39 is 11.6 Å². The van der Waals surface area contributed by atoms with Crippen molar-refractivity contribution in [3.8, 4) is 0 Å². The zero-order chi connectivity index (χ0) is 17.1. The topological polar surface area (TPSA) is 38.8 Å². The van der Waals surface area contributed by atoms with Crippen LogP contribution in [0.1, 0.15) is 23.2 Å². The Labute approximate surface area is 140 Å². The Hall–Kier alpha value is -1.79. The van der Waals surface area contributed by atoms with Crippen LogP contribution >= 0.6 is 0 Å². The summed E-state index contributed by atoms with van der Waals surface area (Å²) in [6, 6.07) is 3.23. The molecule has 0 unspecified atom stereocenters. The van der Waals surface area contributed by atoms with Crippen LogP contribution in [0.5, 0.6) is 0 Å². The zero-order valence-corrected chi connectivity index (χ0v) is 13.4. The van der Waals surface area contributed by atoms with Crippen LogP contribution in [0.3, 0.4) is 0 Å². The molecule has 0 radical (unpaired) electrons. The number of benzene rings is 1. The van der Waals surface area contributed by atoms with E-state index in [0.29, 0.717) is 26.4 Å². The summed E-state index contributed by atoms with van der Waals surface area (Å²) < 4.78 is 37.9. The van der Waals surface area contributed by atoms with Gasteiger partial charge in [-0.2, -0.15) is 0 Å². The quantitative estimate of drug-likeness (QED) is 0.613. The Morgan fingerprint density at radius 3 is 2.96 bits per heavy atom. The molecule has 2 aliphatic rings. The second kappa shape index (κ2) is 7.40. The molecule has 3 rings (SSSR count). The van der Waals surface area contributed by atoms with Gasteiger partial charge in [0.2, 0.25) is 0 Å². The van der Waals surface area contributed by atoms with Crippen molar-refractivity contribution in [1.82, 2.24) is 4.90 Å². The number of rotatable bonds is 5. The highest BCUT2D eigenvalue weighted by molar-refractivity contribution is 5.94. The lowest BCUT2D eigenvalue weighted by molar-refractivity contribution is -0.0738. The fraction of sp³-hybridized carbons (Fsp3) is 0.500. The van der Waals surface area contributed by atoms with Gasteiger partial charge < -0.3 is 14.4 Å². The van der Waals surface area contributed by atoms with Crippen LogP contribution in [0.4, 0.5) is 8.78 Å². The predicted octanol–water partition coefficient (Wildman–Crippen LogP) is 2.79. The number of halogens is 2. The fourth-order valence-electron chi connectivity index (χ4n) is 3.59. The molecule has 1 heterocycles. The molecule has 1 amide bonds. The lowest BCUT2D eigenvalue weighted by atomic mass is 10.0. The number of hydrogen-bond donors (Lipinski definition) is 0. The van der Waals surface area contributed by atoms with Gasteiger partial charge in [-0.1, -0.05) is 6.08 Å². The zero-order valence-electron chi connectivity index (χ0n) is 13.4. The molecule has 0 bridgehead atoms. The van der Waals surface area contributed by atoms with E-state index in [4.69, 9.17) is 9.47 Å². The van der Waals surface area contributed by atoms with E-state index in [2.05, 4.69) is 6.58 Å². The Kier molecular flexibility index (Phi) is 5.26. The molecule has 1 saturated heterocycles. The number of hydrogen-bond acceptors (Lipinski definition) is 3. The summed E-state index contributed by atoms with van der Waals surface area (Å²) >= 11 is 0. The molecule has 1 saturated carbocycles. The minimum Gasteiger partial charge on any atom is -0.377 e. The summed E-state index contributed by atoms with van der Waals surface area (Å²) in [5, 5.41) is 0. The maximum Gasteiger partial charge on any atom is 0.254 e. The molecule has 4 nitrogen and oxygen atoms in total. The van der Waals surface area contributed by atoms with Crippen LogP contribution in [0.2, 0.25) is 0 Å². The van der Waals surface area contributed by atoms with Crippen molar-refractivity contribution in [2.45, 2.75) is 25.0 Å². The number of ether oxygens (including phenoxy) is 2. The second-order valence-corrected chi connectivity index (χ2v) is 6.19. The predicted molar refractivity (Wildman–Crippen MR) is 84.7 cm³/mol. The Bertz CT molecular complexity index is 622. The molecule has 1 aromatic carbocycles. The number of carbonyl (C=O) groups excluding carboxylic acids is 1. The van der Waals surface area contributed by atoms with Crippen LogP contribution in [0, 0.1) is 17.6 Å². The van der Waals surface area contributed by atoms with E-state index in [-0.39, 0.29) is 29.5 Å². The molecule has 6 heteroatoms. The third-order valence-corrected chi connectivity index (χ3v) is 4.71. The summed E-state index contributed by atoms with van der Waals surface area (Å²) in [5.74, 6) is -2.00. The molecule has 130 valence electrons. The lowest BCUT2D eigenvalue weighted by Crippen LogP contribution is -2.53. The van der Waals surface area contributed by atoms with Crippen LogP contribution in [-0.2, 0) is 9.47 Å². The van der Waals surface area contributed by atoms with Gasteiger partial charge in [0.15, 0.2) is 11.6 Å². The van der Waals surface area contributed by atoms with E-state index in [9.17, 15) is 13.6 Å². The number of carbonyl (C=O) groups is 1. The smallest absolute Gasteiger partial charge is 0.254 e.